The van der Waals surface area contributed by atoms with Crippen LogP contribution in [0.15, 0.2) is 47.5 Å². The molecule has 152 valence electrons. The topological polar surface area (TPSA) is 120 Å². The number of hydrogen-bond acceptors (Lipinski definition) is 6. The van der Waals surface area contributed by atoms with Crippen molar-refractivity contribution >= 4 is 29.7 Å². The van der Waals surface area contributed by atoms with Crippen LogP contribution in [0.5, 0.6) is 0 Å². The number of ketones is 1. The normalized spacial score (nSPS) is 13.4. The number of carbonyl (C=O) groups is 1. The average Bonchev–Trinajstić information content (AvgIpc) is 3.16. The number of rotatable bonds is 9. The van der Waals surface area contributed by atoms with E-state index in [4.69, 9.17) is 16.4 Å². The van der Waals surface area contributed by atoms with Crippen LogP contribution >= 0.6 is 11.3 Å². The molecule has 0 saturated heterocycles. The van der Waals surface area contributed by atoms with Crippen LogP contribution in [0.4, 0.5) is 0 Å². The molecule has 2 atom stereocenters. The molecule has 0 fully saturated rings. The molecule has 0 aliphatic rings. The van der Waals surface area contributed by atoms with Crippen LogP contribution in [0.25, 0.3) is 11.1 Å². The largest absolute Gasteiger partial charge is 1.00 e. The number of nitriles is 1. The van der Waals surface area contributed by atoms with E-state index < -0.39 is 11.5 Å². The summed E-state index contributed by atoms with van der Waals surface area (Å²) < 4.78 is 0. The number of nitrogens with one attached hydrogen (secondary N) is 2. The first-order valence-corrected chi connectivity index (χ1v) is 9.34. The molecule has 0 aliphatic carbocycles. The fourth-order valence-electron chi connectivity index (χ4n) is 2.86. The van der Waals surface area contributed by atoms with Gasteiger partial charge in [0.1, 0.15) is 0 Å². The molecule has 8 heteroatoms. The van der Waals surface area contributed by atoms with E-state index in [9.17, 15) is 9.59 Å². The zero-order valence-electron chi connectivity index (χ0n) is 17.6. The van der Waals surface area contributed by atoms with Gasteiger partial charge in [-0.15, -0.1) is 17.3 Å². The van der Waals surface area contributed by atoms with Gasteiger partial charge in [-0.05, 0) is 61.1 Å². The molecule has 0 unspecified atom stereocenters. The van der Waals surface area contributed by atoms with Gasteiger partial charge in [-0.1, -0.05) is 12.1 Å². The number of nitrogens with zero attached hydrogens (tertiary/aromatic N) is 1. The molecule has 0 amide bonds. The molecule has 0 bridgehead atoms. The standard InChI is InChI=1S/C21H20N4O2S.CH3.Li/c1-14(24)6-19(27)9-18(11-26)21(2,25-13-23)20-8-17(12-28-20)16-5-3-4-15(7-16)10-22;;/h3-8,12,18H,9,24H2,1-2H3,(H2,23,25);1H3;/q-2;-1;+1/b14-6-;;/t18-,21-;;/m0../s1. The minimum absolute atomic E-state index is 0. The van der Waals surface area contributed by atoms with Crippen molar-refractivity contribution in [3.63, 3.8) is 0 Å². The SMILES string of the molecule is C/C(N)=C/C(=O)C[C@@H]([C-]=O)[C@](C)(N[C-]=N)c1cc(-c2cccc(C#N)c2)cs1.[CH3-].[Li+]. The van der Waals surface area contributed by atoms with Crippen LogP contribution in [0, 0.1) is 30.1 Å². The van der Waals surface area contributed by atoms with Gasteiger partial charge in [0, 0.05) is 16.1 Å². The number of carbonyl (C=O) groups excluding carboxylic acids is 2. The molecule has 1 aromatic heterocycles. The summed E-state index contributed by atoms with van der Waals surface area (Å²) in [4.78, 5) is 24.6. The third-order valence-corrected chi connectivity index (χ3v) is 5.56. The van der Waals surface area contributed by atoms with Crippen molar-refractivity contribution in [2.45, 2.75) is 25.8 Å². The second-order valence-corrected chi connectivity index (χ2v) is 7.49. The predicted octanol–water partition coefficient (Wildman–Crippen LogP) is 0.578. The van der Waals surface area contributed by atoms with Crippen molar-refractivity contribution in [1.82, 2.24) is 5.32 Å². The van der Waals surface area contributed by atoms with Gasteiger partial charge in [-0.3, -0.25) is 11.1 Å². The van der Waals surface area contributed by atoms with Crippen molar-refractivity contribution in [2.75, 3.05) is 0 Å². The second-order valence-electron chi connectivity index (χ2n) is 6.57. The van der Waals surface area contributed by atoms with Gasteiger partial charge in [-0.25, -0.2) is 0 Å². The Morgan fingerprint density at radius 3 is 2.70 bits per heavy atom. The fraction of sp³-hybridized carbons (Fsp3) is 0.227. The summed E-state index contributed by atoms with van der Waals surface area (Å²) in [5, 5.41) is 21.1. The van der Waals surface area contributed by atoms with Crippen LogP contribution < -0.4 is 29.9 Å². The molecule has 6 nitrogen and oxygen atoms in total. The molecular formula is C22H23LiN4O2S-2. The first-order valence-electron chi connectivity index (χ1n) is 8.46. The van der Waals surface area contributed by atoms with E-state index in [1.54, 1.807) is 32.0 Å². The minimum Gasteiger partial charge on any atom is -0.543 e. The van der Waals surface area contributed by atoms with Crippen LogP contribution in [0.1, 0.15) is 30.7 Å². The van der Waals surface area contributed by atoms with E-state index in [2.05, 4.69) is 17.7 Å². The molecule has 0 radical (unpaired) electrons. The van der Waals surface area contributed by atoms with Crippen molar-refractivity contribution in [2.24, 2.45) is 11.7 Å². The zero-order valence-corrected chi connectivity index (χ0v) is 18.4. The summed E-state index contributed by atoms with van der Waals surface area (Å²) in [5.41, 5.74) is 7.16. The Balaban J connectivity index is 0.00000420. The van der Waals surface area contributed by atoms with Gasteiger partial charge < -0.3 is 35.0 Å². The monoisotopic (exact) mass is 414 g/mol. The number of nitrogens with two attached hydrogens (primary N) is 1. The number of benzene rings is 1. The Bertz CT molecular complexity index is 960. The quantitative estimate of drug-likeness (QED) is 0.138. The summed E-state index contributed by atoms with van der Waals surface area (Å²) in [5.74, 6) is -1.13. The van der Waals surface area contributed by atoms with Gasteiger partial charge in [0.15, 0.2) is 5.78 Å². The summed E-state index contributed by atoms with van der Waals surface area (Å²) in [6.07, 6.45) is 5.26. The zero-order chi connectivity index (χ0) is 20.7. The average molecular weight is 414 g/mol. The smallest absolute Gasteiger partial charge is 0.543 e. The van der Waals surface area contributed by atoms with Gasteiger partial charge in [0.05, 0.1) is 11.6 Å². The maximum Gasteiger partial charge on any atom is 1.00 e. The van der Waals surface area contributed by atoms with Crippen LogP contribution in [0.3, 0.4) is 0 Å². The van der Waals surface area contributed by atoms with E-state index in [0.717, 1.165) is 16.0 Å². The van der Waals surface area contributed by atoms with Crippen LogP contribution in [-0.2, 0) is 15.1 Å². The first kappa shape index (κ1) is 27.4. The van der Waals surface area contributed by atoms with Crippen molar-refractivity contribution in [1.29, 1.82) is 10.7 Å². The number of hydrogen-bond donors (Lipinski definition) is 3. The molecule has 2 rings (SSSR count). The Morgan fingerprint density at radius 1 is 1.43 bits per heavy atom. The minimum atomic E-state index is -1.04. The molecule has 0 spiro atoms. The summed E-state index contributed by atoms with van der Waals surface area (Å²) in [6, 6.07) is 11.2. The Morgan fingerprint density at radius 2 is 2.13 bits per heavy atom. The molecule has 30 heavy (non-hydrogen) atoms. The third-order valence-electron chi connectivity index (χ3n) is 4.39. The molecule has 1 aromatic carbocycles. The second kappa shape index (κ2) is 12.1. The maximum absolute atomic E-state index is 12.1. The van der Waals surface area contributed by atoms with Crippen molar-refractivity contribution < 1.29 is 28.4 Å². The van der Waals surface area contributed by atoms with Gasteiger partial charge >= 0.3 is 18.9 Å². The van der Waals surface area contributed by atoms with E-state index in [1.807, 2.05) is 23.8 Å². The van der Waals surface area contributed by atoms with E-state index in [0.29, 0.717) is 11.3 Å². The number of allylic oxidation sites excluding steroid dienone is 2. The Labute approximate surface area is 193 Å². The molecule has 4 N–H and O–H groups in total. The summed E-state index contributed by atoms with van der Waals surface area (Å²) in [6.45, 7) is 3.33. The van der Waals surface area contributed by atoms with Crippen LogP contribution in [0.2, 0.25) is 0 Å². The summed E-state index contributed by atoms with van der Waals surface area (Å²) in [7, 11) is 0. The molecule has 0 aliphatic heterocycles. The van der Waals surface area contributed by atoms with Crippen molar-refractivity contribution in [3.8, 4) is 17.2 Å². The van der Waals surface area contributed by atoms with Gasteiger partial charge in [-0.2, -0.15) is 5.26 Å². The molecular weight excluding hydrogens is 391 g/mol. The van der Waals surface area contributed by atoms with Crippen molar-refractivity contribution in [3.05, 3.63) is 65.4 Å². The van der Waals surface area contributed by atoms with Gasteiger partial charge in [0.25, 0.3) is 0 Å². The van der Waals surface area contributed by atoms with E-state index >= 15 is 0 Å². The Hall–Kier alpha value is -2.64. The van der Waals surface area contributed by atoms with Gasteiger partial charge in [0.2, 0.25) is 0 Å². The Kier molecular flexibility index (Phi) is 11.1. The first-order chi connectivity index (χ1) is 13.3. The third kappa shape index (κ3) is 6.43. The van der Waals surface area contributed by atoms with E-state index in [1.165, 1.54) is 17.4 Å². The predicted molar refractivity (Wildman–Crippen MR) is 116 cm³/mol. The fourth-order valence-corrected chi connectivity index (χ4v) is 3.95. The number of thiophene rings is 1. The van der Waals surface area contributed by atoms with E-state index in [-0.39, 0.29) is 38.5 Å². The summed E-state index contributed by atoms with van der Waals surface area (Å²) >= 11 is 1.39. The molecule has 2 aromatic rings. The van der Waals surface area contributed by atoms with Crippen LogP contribution in [-0.4, -0.2) is 18.4 Å². The maximum atomic E-state index is 12.1. The molecule has 0 saturated carbocycles. The molecule has 1 heterocycles.